The number of aliphatic carboxylic acids is 2. The summed E-state index contributed by atoms with van der Waals surface area (Å²) in [5.74, 6) is -1.58. The molecule has 0 saturated carbocycles. The Hall–Kier alpha value is -4.14. The van der Waals surface area contributed by atoms with Crippen LogP contribution in [0.2, 0.25) is 0 Å². The van der Waals surface area contributed by atoms with E-state index in [1.807, 2.05) is 52.0 Å². The van der Waals surface area contributed by atoms with Gasteiger partial charge >= 0.3 is 11.9 Å². The minimum atomic E-state index is -0.903. The number of hydrogen-bond acceptors (Lipinski definition) is 4. The maximum Gasteiger partial charge on any atom is 0.303 e. The highest BCUT2D eigenvalue weighted by atomic mass is 35.5. The van der Waals surface area contributed by atoms with Crippen molar-refractivity contribution >= 4 is 85.6 Å². The number of allylic oxidation sites excluding steroid dienone is 4. The van der Waals surface area contributed by atoms with Crippen molar-refractivity contribution in [2.24, 2.45) is 0 Å². The van der Waals surface area contributed by atoms with Crippen molar-refractivity contribution in [2.75, 3.05) is 5.88 Å². The molecule has 3 aromatic rings. The van der Waals surface area contributed by atoms with Gasteiger partial charge in [0.1, 0.15) is 0 Å². The first-order valence-corrected chi connectivity index (χ1v) is 15.3. The second-order valence-corrected chi connectivity index (χ2v) is 12.0. The van der Waals surface area contributed by atoms with E-state index in [0.29, 0.717) is 29.2 Å². The molecule has 0 amide bonds. The highest BCUT2D eigenvalue weighted by Gasteiger charge is 2.23. The Labute approximate surface area is 265 Å². The Kier molecular flexibility index (Phi) is 8.86. The molecule has 1 atom stereocenters. The van der Waals surface area contributed by atoms with Crippen LogP contribution < -0.4 is 0 Å². The van der Waals surface area contributed by atoms with Crippen LogP contribution in [0.3, 0.4) is 0 Å². The van der Waals surface area contributed by atoms with Crippen LogP contribution in [0, 0.1) is 13.8 Å². The lowest BCUT2D eigenvalue weighted by atomic mass is 9.98. The van der Waals surface area contributed by atoms with E-state index in [0.717, 1.165) is 66.6 Å². The number of H-pyrrole nitrogens is 2. The highest BCUT2D eigenvalue weighted by Crippen LogP contribution is 2.39. The average molecular weight is 634 g/mol. The lowest BCUT2D eigenvalue weighted by Gasteiger charge is -2.05. The van der Waals surface area contributed by atoms with Gasteiger partial charge in [-0.05, 0) is 104 Å². The summed E-state index contributed by atoms with van der Waals surface area (Å²) in [6.45, 7) is 11.9. The first kappa shape index (κ1) is 31.3. The number of aromatic nitrogens is 4. The van der Waals surface area contributed by atoms with Crippen LogP contribution in [0.25, 0.3) is 50.4 Å². The van der Waals surface area contributed by atoms with E-state index in [-0.39, 0.29) is 25.1 Å². The number of fused-ring (bicyclic) bond motifs is 8. The molecule has 1 unspecified atom stereocenters. The number of aromatic amines is 2. The van der Waals surface area contributed by atoms with Crippen LogP contribution in [-0.4, -0.2) is 48.0 Å². The number of halogens is 2. The van der Waals surface area contributed by atoms with Gasteiger partial charge in [-0.15, -0.1) is 23.2 Å². The second kappa shape index (κ2) is 12.5. The summed E-state index contributed by atoms with van der Waals surface area (Å²) in [4.78, 5) is 40.1. The molecule has 0 spiro atoms. The number of carboxylic acid groups (broad SMARTS) is 2. The minimum absolute atomic E-state index is 0.0514. The molecule has 3 aromatic heterocycles. The van der Waals surface area contributed by atoms with Gasteiger partial charge in [-0.1, -0.05) is 12.7 Å². The largest absolute Gasteiger partial charge is 0.481 e. The zero-order chi connectivity index (χ0) is 31.9. The fourth-order valence-corrected chi connectivity index (χ4v) is 6.42. The zero-order valence-corrected chi connectivity index (χ0v) is 26.6. The molecular weight excluding hydrogens is 599 g/mol. The fourth-order valence-electron chi connectivity index (χ4n) is 5.98. The second-order valence-electron chi connectivity index (χ2n) is 11.1. The zero-order valence-electron chi connectivity index (χ0n) is 25.1. The van der Waals surface area contributed by atoms with E-state index in [2.05, 4.69) is 16.5 Å². The van der Waals surface area contributed by atoms with Crippen molar-refractivity contribution in [2.45, 2.75) is 58.8 Å². The molecule has 0 fully saturated rings. The van der Waals surface area contributed by atoms with Gasteiger partial charge in [0.25, 0.3) is 0 Å². The molecule has 0 radical (unpaired) electrons. The normalized spacial score (nSPS) is 13.9. The summed E-state index contributed by atoms with van der Waals surface area (Å²) >= 11 is 13.0. The van der Waals surface area contributed by atoms with E-state index < -0.39 is 17.3 Å². The van der Waals surface area contributed by atoms with Crippen LogP contribution in [0.15, 0.2) is 30.8 Å². The summed E-state index contributed by atoms with van der Waals surface area (Å²) in [5, 5.41) is 18.5. The predicted octanol–water partition coefficient (Wildman–Crippen LogP) is 8.68. The van der Waals surface area contributed by atoms with Crippen molar-refractivity contribution in [1.82, 2.24) is 19.9 Å². The first-order valence-electron chi connectivity index (χ1n) is 14.4. The Balaban J connectivity index is 1.94. The van der Waals surface area contributed by atoms with Crippen LogP contribution in [-0.2, 0) is 9.59 Å². The number of nitrogens with one attached hydrogen (secondary N) is 2. The molecule has 8 nitrogen and oxygen atoms in total. The SMILES string of the molecule is C=Cc1c(C)c2cc3[nH]c(cc4nc(cc5nc(cc1[nH]2)C(C)=C5CCC(=O)O)C(CCC(=O)O)=C4C)c(C)c3C(Cl)CCl. The van der Waals surface area contributed by atoms with Crippen LogP contribution in [0.1, 0.15) is 89.9 Å². The number of rotatable bonds is 9. The first-order chi connectivity index (χ1) is 20.9. The molecule has 0 aliphatic carbocycles. The number of alkyl halides is 2. The minimum Gasteiger partial charge on any atom is -0.481 e. The summed E-state index contributed by atoms with van der Waals surface area (Å²) in [5.41, 5.74) is 13.0. The van der Waals surface area contributed by atoms with E-state index in [9.17, 15) is 19.8 Å². The molecule has 8 bridgehead atoms. The monoisotopic (exact) mass is 632 g/mol. The molecule has 2 aliphatic rings. The smallest absolute Gasteiger partial charge is 0.303 e. The van der Waals surface area contributed by atoms with Gasteiger partial charge in [0.2, 0.25) is 0 Å². The Bertz CT molecular complexity index is 1950. The van der Waals surface area contributed by atoms with E-state index in [4.69, 9.17) is 33.2 Å². The van der Waals surface area contributed by atoms with Crippen molar-refractivity contribution in [3.8, 4) is 0 Å². The van der Waals surface area contributed by atoms with E-state index in [1.165, 1.54) is 0 Å². The number of nitrogens with zero attached hydrogens (tertiary/aromatic N) is 2. The predicted molar refractivity (Wildman–Crippen MR) is 179 cm³/mol. The Morgan fingerprint density at radius 2 is 1.30 bits per heavy atom. The molecule has 5 heterocycles. The quantitative estimate of drug-likeness (QED) is 0.174. The number of carboxylic acids is 2. The van der Waals surface area contributed by atoms with E-state index in [1.54, 1.807) is 6.08 Å². The van der Waals surface area contributed by atoms with Crippen LogP contribution in [0.5, 0.6) is 0 Å². The Morgan fingerprint density at radius 3 is 1.80 bits per heavy atom. The average Bonchev–Trinajstić information content (AvgIpc) is 3.63. The molecule has 228 valence electrons. The summed E-state index contributed by atoms with van der Waals surface area (Å²) in [6.07, 6.45) is 2.27. The van der Waals surface area contributed by atoms with Gasteiger partial charge in [-0.3, -0.25) is 9.59 Å². The van der Waals surface area contributed by atoms with Crippen LogP contribution in [0.4, 0.5) is 0 Å². The lowest BCUT2D eigenvalue weighted by Crippen LogP contribution is -1.97. The number of carbonyl (C=O) groups is 2. The van der Waals surface area contributed by atoms with Gasteiger partial charge in [0, 0.05) is 46.4 Å². The van der Waals surface area contributed by atoms with Gasteiger partial charge in [-0.2, -0.15) is 0 Å². The topological polar surface area (TPSA) is 132 Å². The fraction of sp³-hybridized carbons (Fsp3) is 0.294. The van der Waals surface area contributed by atoms with Crippen molar-refractivity contribution in [1.29, 1.82) is 0 Å². The van der Waals surface area contributed by atoms with Gasteiger partial charge in [0.15, 0.2) is 0 Å². The highest BCUT2D eigenvalue weighted by molar-refractivity contribution is 6.28. The number of aryl methyl sites for hydroxylation is 2. The van der Waals surface area contributed by atoms with Gasteiger partial charge in [0.05, 0.1) is 28.2 Å². The van der Waals surface area contributed by atoms with Crippen molar-refractivity contribution < 1.29 is 19.8 Å². The molecule has 0 saturated heterocycles. The summed E-state index contributed by atoms with van der Waals surface area (Å²) in [7, 11) is 0. The number of hydrogen-bond donors (Lipinski definition) is 4. The maximum absolute atomic E-state index is 11.6. The molecular formula is C34H34Cl2N4O4. The molecule has 0 aromatic carbocycles. The summed E-state index contributed by atoms with van der Waals surface area (Å²) in [6, 6.07) is 7.77. The standard InChI is InChI=1S/C34H34Cl2N4O4/c1-6-20-16(2)26-13-31-34(23(36)15-35)19(5)27(40-31)11-24-17(3)21(7-9-32(41)42)29(38-24)14-30-22(8-10-33(43)44)18(4)25(39-30)12-28(20)37-26/h6,11-14,23,37,40H,1,7-10,15H2,2-5H3,(H,41,42)(H,43,44). The van der Waals surface area contributed by atoms with Gasteiger partial charge in [-0.25, -0.2) is 9.97 Å². The lowest BCUT2D eigenvalue weighted by molar-refractivity contribution is -0.137. The van der Waals surface area contributed by atoms with Crippen molar-refractivity contribution in [3.05, 3.63) is 75.9 Å². The van der Waals surface area contributed by atoms with Crippen molar-refractivity contribution in [3.63, 3.8) is 0 Å². The molecule has 2 aliphatic heterocycles. The molecule has 5 rings (SSSR count). The third-order valence-electron chi connectivity index (χ3n) is 8.46. The Morgan fingerprint density at radius 1 is 0.795 bits per heavy atom. The maximum atomic E-state index is 11.6. The molecule has 44 heavy (non-hydrogen) atoms. The third-order valence-corrected chi connectivity index (χ3v) is 9.30. The molecule has 4 N–H and O–H groups in total. The molecule has 10 heteroatoms. The third kappa shape index (κ3) is 5.84. The van der Waals surface area contributed by atoms with E-state index >= 15 is 0 Å². The van der Waals surface area contributed by atoms with Crippen LogP contribution >= 0.6 is 23.2 Å². The van der Waals surface area contributed by atoms with Gasteiger partial charge < -0.3 is 20.2 Å². The summed E-state index contributed by atoms with van der Waals surface area (Å²) < 4.78 is 0.